The van der Waals surface area contributed by atoms with Gasteiger partial charge in [0.05, 0.1) is 17.7 Å². The lowest BCUT2D eigenvalue weighted by Crippen LogP contribution is -2.32. The maximum atomic E-state index is 13.2. The van der Waals surface area contributed by atoms with E-state index in [1.165, 1.54) is 0 Å². The standard InChI is InChI=1S/C24H19ClN2O2S/c25-16-7-5-15(6-8-16)13-23(28)26-17-9-12-20-22(14-17)30-21-4-2-1-3-19(21)24(29)27(20)18-10-11-18/h1-9,12,14,18H,10-11,13H2,(H,26,28). The van der Waals surface area contributed by atoms with Crippen LogP contribution >= 0.6 is 23.4 Å². The van der Waals surface area contributed by atoms with Crippen LogP contribution in [0.25, 0.3) is 0 Å². The first kappa shape index (κ1) is 19.2. The molecule has 1 N–H and O–H groups in total. The number of carbonyl (C=O) groups is 2. The monoisotopic (exact) mass is 434 g/mol. The lowest BCUT2D eigenvalue weighted by atomic mass is 10.1. The quantitative estimate of drug-likeness (QED) is 0.565. The van der Waals surface area contributed by atoms with Gasteiger partial charge in [0.2, 0.25) is 5.91 Å². The van der Waals surface area contributed by atoms with Gasteiger partial charge < -0.3 is 10.2 Å². The van der Waals surface area contributed by atoms with Gasteiger partial charge in [-0.1, -0.05) is 47.6 Å². The molecule has 4 nitrogen and oxygen atoms in total. The Kier molecular flexibility index (Phi) is 5.01. The highest BCUT2D eigenvalue weighted by Gasteiger charge is 2.38. The summed E-state index contributed by atoms with van der Waals surface area (Å²) in [6, 6.07) is 21.0. The molecule has 5 rings (SSSR count). The summed E-state index contributed by atoms with van der Waals surface area (Å²) in [5.41, 5.74) is 3.28. The smallest absolute Gasteiger partial charge is 0.259 e. The number of halogens is 1. The summed E-state index contributed by atoms with van der Waals surface area (Å²) in [6.45, 7) is 0. The number of nitrogens with one attached hydrogen (secondary N) is 1. The molecule has 1 fully saturated rings. The largest absolute Gasteiger partial charge is 0.326 e. The van der Waals surface area contributed by atoms with Crippen molar-refractivity contribution in [3.05, 3.63) is 82.9 Å². The topological polar surface area (TPSA) is 49.4 Å². The number of carbonyl (C=O) groups excluding carboxylic acids is 2. The van der Waals surface area contributed by atoms with Crippen molar-refractivity contribution in [1.29, 1.82) is 0 Å². The predicted molar refractivity (Wildman–Crippen MR) is 121 cm³/mol. The average Bonchev–Trinajstić information content (AvgIpc) is 3.57. The van der Waals surface area contributed by atoms with Crippen molar-refractivity contribution < 1.29 is 9.59 Å². The minimum atomic E-state index is -0.0913. The highest BCUT2D eigenvalue weighted by atomic mass is 35.5. The zero-order valence-corrected chi connectivity index (χ0v) is 17.7. The molecule has 1 aliphatic heterocycles. The molecule has 0 radical (unpaired) electrons. The first-order valence-corrected chi connectivity index (χ1v) is 11.1. The van der Waals surface area contributed by atoms with Gasteiger partial charge in [-0.3, -0.25) is 9.59 Å². The van der Waals surface area contributed by atoms with Gasteiger partial charge >= 0.3 is 0 Å². The molecule has 150 valence electrons. The van der Waals surface area contributed by atoms with Crippen LogP contribution in [0, 0.1) is 0 Å². The van der Waals surface area contributed by atoms with E-state index in [0.717, 1.165) is 45.1 Å². The molecular weight excluding hydrogens is 416 g/mol. The van der Waals surface area contributed by atoms with Crippen LogP contribution in [-0.2, 0) is 11.2 Å². The number of benzene rings is 3. The Morgan fingerprint density at radius 2 is 1.80 bits per heavy atom. The van der Waals surface area contributed by atoms with Gasteiger partial charge in [-0.05, 0) is 60.9 Å². The molecule has 1 saturated carbocycles. The highest BCUT2D eigenvalue weighted by Crippen LogP contribution is 2.46. The second kappa shape index (κ2) is 7.82. The summed E-state index contributed by atoms with van der Waals surface area (Å²) in [6.07, 6.45) is 2.33. The van der Waals surface area contributed by atoms with Crippen LogP contribution in [0.1, 0.15) is 28.8 Å². The number of hydrogen-bond donors (Lipinski definition) is 1. The number of anilines is 2. The van der Waals surface area contributed by atoms with Gasteiger partial charge in [-0.15, -0.1) is 0 Å². The van der Waals surface area contributed by atoms with E-state index in [0.29, 0.717) is 5.02 Å². The van der Waals surface area contributed by atoms with E-state index in [1.54, 1.807) is 23.9 Å². The van der Waals surface area contributed by atoms with Gasteiger partial charge in [0.15, 0.2) is 0 Å². The molecule has 2 amide bonds. The summed E-state index contributed by atoms with van der Waals surface area (Å²) in [7, 11) is 0. The Hall–Kier alpha value is -2.76. The minimum Gasteiger partial charge on any atom is -0.326 e. The van der Waals surface area contributed by atoms with Crippen LogP contribution in [0.4, 0.5) is 11.4 Å². The van der Waals surface area contributed by atoms with Gasteiger partial charge in [0.1, 0.15) is 0 Å². The number of rotatable bonds is 4. The summed E-state index contributed by atoms with van der Waals surface area (Å²) >= 11 is 7.49. The van der Waals surface area contributed by atoms with Crippen molar-refractivity contribution in [2.75, 3.05) is 10.2 Å². The molecule has 0 saturated heterocycles. The predicted octanol–water partition coefficient (Wildman–Crippen LogP) is 5.80. The van der Waals surface area contributed by atoms with Crippen LogP contribution in [0.3, 0.4) is 0 Å². The maximum absolute atomic E-state index is 13.2. The van der Waals surface area contributed by atoms with Crippen molar-refractivity contribution in [3.8, 4) is 0 Å². The molecule has 1 heterocycles. The second-order valence-corrected chi connectivity index (χ2v) is 9.06. The van der Waals surface area contributed by atoms with E-state index in [2.05, 4.69) is 5.32 Å². The van der Waals surface area contributed by atoms with Crippen LogP contribution < -0.4 is 10.2 Å². The van der Waals surface area contributed by atoms with Gasteiger partial charge in [-0.2, -0.15) is 0 Å². The van der Waals surface area contributed by atoms with Crippen molar-refractivity contribution in [2.45, 2.75) is 35.1 Å². The van der Waals surface area contributed by atoms with Crippen molar-refractivity contribution in [2.24, 2.45) is 0 Å². The first-order valence-electron chi connectivity index (χ1n) is 9.87. The van der Waals surface area contributed by atoms with Crippen LogP contribution in [0.15, 0.2) is 76.5 Å². The molecule has 1 aliphatic carbocycles. The third-order valence-corrected chi connectivity index (χ3v) is 6.62. The number of fused-ring (bicyclic) bond motifs is 2. The zero-order chi connectivity index (χ0) is 20.7. The lowest BCUT2D eigenvalue weighted by Gasteiger charge is -2.23. The van der Waals surface area contributed by atoms with Crippen molar-refractivity contribution in [3.63, 3.8) is 0 Å². The Bertz CT molecular complexity index is 1140. The molecule has 0 bridgehead atoms. The van der Waals surface area contributed by atoms with Gasteiger partial charge in [0, 0.05) is 26.5 Å². The van der Waals surface area contributed by atoms with Crippen LogP contribution in [0.5, 0.6) is 0 Å². The van der Waals surface area contributed by atoms with Gasteiger partial charge in [-0.25, -0.2) is 0 Å². The molecule has 3 aromatic rings. The highest BCUT2D eigenvalue weighted by molar-refractivity contribution is 7.99. The van der Waals surface area contributed by atoms with Crippen LogP contribution in [-0.4, -0.2) is 17.9 Å². The molecule has 0 atom stereocenters. The van der Waals surface area contributed by atoms with Crippen LogP contribution in [0.2, 0.25) is 5.02 Å². The van der Waals surface area contributed by atoms with E-state index < -0.39 is 0 Å². The Morgan fingerprint density at radius 1 is 1.03 bits per heavy atom. The van der Waals surface area contributed by atoms with Gasteiger partial charge in [0.25, 0.3) is 5.91 Å². The molecule has 0 aromatic heterocycles. The maximum Gasteiger partial charge on any atom is 0.259 e. The van der Waals surface area contributed by atoms with Crippen molar-refractivity contribution in [1.82, 2.24) is 0 Å². The van der Waals surface area contributed by atoms with E-state index in [9.17, 15) is 9.59 Å². The number of nitrogens with zero attached hydrogens (tertiary/aromatic N) is 1. The third-order valence-electron chi connectivity index (χ3n) is 5.25. The van der Waals surface area contributed by atoms with E-state index in [-0.39, 0.29) is 24.3 Å². The fourth-order valence-corrected chi connectivity index (χ4v) is 4.88. The second-order valence-electron chi connectivity index (χ2n) is 7.54. The molecule has 2 aliphatic rings. The molecular formula is C24H19ClN2O2S. The fraction of sp³-hybridized carbons (Fsp3) is 0.167. The summed E-state index contributed by atoms with van der Waals surface area (Å²) < 4.78 is 0. The molecule has 0 unspecified atom stereocenters. The molecule has 6 heteroatoms. The molecule has 30 heavy (non-hydrogen) atoms. The number of hydrogen-bond acceptors (Lipinski definition) is 3. The Labute approximate surface area is 184 Å². The third kappa shape index (κ3) is 3.83. The van der Waals surface area contributed by atoms with E-state index in [4.69, 9.17) is 11.6 Å². The first-order chi connectivity index (χ1) is 14.6. The molecule has 0 spiro atoms. The average molecular weight is 435 g/mol. The van der Waals surface area contributed by atoms with E-state index >= 15 is 0 Å². The summed E-state index contributed by atoms with van der Waals surface area (Å²) in [5, 5.41) is 3.63. The Balaban J connectivity index is 1.43. The minimum absolute atomic E-state index is 0.0545. The summed E-state index contributed by atoms with van der Waals surface area (Å²) in [4.78, 5) is 29.6. The van der Waals surface area contributed by atoms with E-state index in [1.807, 2.05) is 59.5 Å². The number of amides is 2. The Morgan fingerprint density at radius 3 is 2.57 bits per heavy atom. The lowest BCUT2D eigenvalue weighted by molar-refractivity contribution is -0.115. The summed E-state index contributed by atoms with van der Waals surface area (Å²) in [5.74, 6) is -0.0368. The normalized spacial score (nSPS) is 15.2. The fourth-order valence-electron chi connectivity index (χ4n) is 3.65. The molecule has 3 aromatic carbocycles. The zero-order valence-electron chi connectivity index (χ0n) is 16.1. The SMILES string of the molecule is O=C(Cc1ccc(Cl)cc1)Nc1ccc2c(c1)Sc1ccccc1C(=O)N2C1CC1. The van der Waals surface area contributed by atoms with Crippen molar-refractivity contribution >= 4 is 46.6 Å².